The van der Waals surface area contributed by atoms with Gasteiger partial charge in [0.15, 0.2) is 5.65 Å². The van der Waals surface area contributed by atoms with Gasteiger partial charge in [-0.2, -0.15) is 9.61 Å². The first-order chi connectivity index (χ1) is 8.16. The predicted molar refractivity (Wildman–Crippen MR) is 64.0 cm³/mol. The number of hydrogen-bond donors (Lipinski definition) is 3. The Balaban J connectivity index is 1.86. The lowest BCUT2D eigenvalue weighted by Crippen LogP contribution is -2.63. The summed E-state index contributed by atoms with van der Waals surface area (Å²) in [6.07, 6.45) is 1.53. The van der Waals surface area contributed by atoms with Gasteiger partial charge in [0, 0.05) is 19.6 Å². The molecule has 0 radical (unpaired) electrons. The summed E-state index contributed by atoms with van der Waals surface area (Å²) in [6, 6.07) is 3.97. The second-order valence-electron chi connectivity index (χ2n) is 4.63. The molecule has 1 aliphatic rings. The summed E-state index contributed by atoms with van der Waals surface area (Å²) in [7, 11) is 0. The molecule has 2 aromatic heterocycles. The van der Waals surface area contributed by atoms with Gasteiger partial charge in [-0.05, 0) is 24.6 Å². The van der Waals surface area contributed by atoms with Crippen molar-refractivity contribution in [1.29, 1.82) is 0 Å². The number of nitrogens with one attached hydrogen (secondary N) is 2. The fourth-order valence-electron chi connectivity index (χ4n) is 1.98. The van der Waals surface area contributed by atoms with Crippen molar-refractivity contribution in [1.82, 2.24) is 19.9 Å². The van der Waals surface area contributed by atoms with Crippen LogP contribution in [0, 0.1) is 6.92 Å². The number of aryl methyl sites for hydroxylation is 1. The highest BCUT2D eigenvalue weighted by Gasteiger charge is 2.33. The molecule has 0 spiro atoms. The predicted octanol–water partition coefficient (Wildman–Crippen LogP) is -0.216. The van der Waals surface area contributed by atoms with Crippen molar-refractivity contribution in [2.24, 2.45) is 0 Å². The Bertz CT molecular complexity index is 546. The molecule has 1 fully saturated rings. The van der Waals surface area contributed by atoms with Gasteiger partial charge >= 0.3 is 0 Å². The molecule has 17 heavy (non-hydrogen) atoms. The summed E-state index contributed by atoms with van der Waals surface area (Å²) in [5.41, 5.74) is 1.29. The number of pyridine rings is 1. The lowest BCUT2D eigenvalue weighted by Gasteiger charge is -2.37. The minimum absolute atomic E-state index is 0.512. The zero-order valence-electron chi connectivity index (χ0n) is 9.64. The van der Waals surface area contributed by atoms with Crippen molar-refractivity contribution in [3.05, 3.63) is 24.0 Å². The Morgan fingerprint density at radius 3 is 3.06 bits per heavy atom. The van der Waals surface area contributed by atoms with E-state index >= 15 is 0 Å². The van der Waals surface area contributed by atoms with E-state index in [9.17, 15) is 5.11 Å². The highest BCUT2D eigenvalue weighted by molar-refractivity contribution is 5.51. The number of fused-ring (bicyclic) bond motifs is 1. The SMILES string of the molecule is Cc1cc(NCC2(O)CNC2)n2ncnc2c1. The largest absolute Gasteiger partial charge is 0.385 e. The number of β-amino-alcohol motifs (C(OH)–C–C–N with tert-alkyl or cyclic N) is 1. The highest BCUT2D eigenvalue weighted by atomic mass is 16.3. The normalized spacial score (nSPS) is 18.0. The van der Waals surface area contributed by atoms with E-state index in [-0.39, 0.29) is 0 Å². The molecule has 0 amide bonds. The fraction of sp³-hybridized carbons (Fsp3) is 0.455. The maximum absolute atomic E-state index is 9.99. The van der Waals surface area contributed by atoms with Crippen molar-refractivity contribution in [2.75, 3.05) is 25.0 Å². The van der Waals surface area contributed by atoms with Crippen LogP contribution in [0.3, 0.4) is 0 Å². The van der Waals surface area contributed by atoms with E-state index < -0.39 is 5.60 Å². The summed E-state index contributed by atoms with van der Waals surface area (Å²) in [4.78, 5) is 4.16. The first-order valence-corrected chi connectivity index (χ1v) is 5.64. The number of anilines is 1. The van der Waals surface area contributed by atoms with E-state index in [2.05, 4.69) is 20.7 Å². The minimum atomic E-state index is -0.642. The van der Waals surface area contributed by atoms with Crippen LogP contribution in [0.1, 0.15) is 5.56 Å². The zero-order chi connectivity index (χ0) is 11.9. The second-order valence-corrected chi connectivity index (χ2v) is 4.63. The molecule has 0 aromatic carbocycles. The van der Waals surface area contributed by atoms with Crippen molar-refractivity contribution in [2.45, 2.75) is 12.5 Å². The molecule has 0 saturated carbocycles. The van der Waals surface area contributed by atoms with Gasteiger partial charge in [-0.15, -0.1) is 0 Å². The molecule has 0 aliphatic carbocycles. The van der Waals surface area contributed by atoms with Crippen molar-refractivity contribution < 1.29 is 5.11 Å². The molecule has 0 unspecified atom stereocenters. The second kappa shape index (κ2) is 3.68. The molecule has 3 N–H and O–H groups in total. The van der Waals surface area contributed by atoms with Crippen LogP contribution in [0.2, 0.25) is 0 Å². The molecule has 3 heterocycles. The van der Waals surface area contributed by atoms with Crippen LogP contribution in [0.25, 0.3) is 5.65 Å². The number of nitrogens with zero attached hydrogens (tertiary/aromatic N) is 3. The third kappa shape index (κ3) is 1.85. The molecule has 6 nitrogen and oxygen atoms in total. The summed E-state index contributed by atoms with van der Waals surface area (Å²) in [5.74, 6) is 0.859. The van der Waals surface area contributed by atoms with E-state index in [0.717, 1.165) is 17.0 Å². The van der Waals surface area contributed by atoms with E-state index in [4.69, 9.17) is 0 Å². The average molecular weight is 233 g/mol. The van der Waals surface area contributed by atoms with E-state index in [1.54, 1.807) is 4.52 Å². The number of aromatic nitrogens is 3. The Morgan fingerprint density at radius 2 is 2.35 bits per heavy atom. The van der Waals surface area contributed by atoms with E-state index in [1.807, 2.05) is 19.1 Å². The smallest absolute Gasteiger partial charge is 0.157 e. The Labute approximate surface area is 98.7 Å². The van der Waals surface area contributed by atoms with Crippen LogP contribution in [-0.4, -0.2) is 44.9 Å². The lowest BCUT2D eigenvalue weighted by atomic mass is 9.97. The number of rotatable bonds is 3. The van der Waals surface area contributed by atoms with Gasteiger partial charge in [0.2, 0.25) is 0 Å². The topological polar surface area (TPSA) is 74.5 Å². The quantitative estimate of drug-likeness (QED) is 0.683. The maximum Gasteiger partial charge on any atom is 0.157 e. The third-order valence-corrected chi connectivity index (χ3v) is 3.03. The number of hydrogen-bond acceptors (Lipinski definition) is 5. The van der Waals surface area contributed by atoms with Gasteiger partial charge in [0.05, 0.1) is 0 Å². The summed E-state index contributed by atoms with van der Waals surface area (Å²) >= 11 is 0. The first-order valence-electron chi connectivity index (χ1n) is 5.64. The Morgan fingerprint density at radius 1 is 1.53 bits per heavy atom. The van der Waals surface area contributed by atoms with Crippen LogP contribution in [0.5, 0.6) is 0 Å². The summed E-state index contributed by atoms with van der Waals surface area (Å²) in [5, 5.41) is 20.4. The molecular weight excluding hydrogens is 218 g/mol. The van der Waals surface area contributed by atoms with Crippen molar-refractivity contribution >= 4 is 11.5 Å². The standard InChI is InChI=1S/C11H15N5O/c1-8-2-9(13-6-11(17)4-12-5-11)16-10(3-8)14-7-15-16/h2-3,7,12-13,17H,4-6H2,1H3. The van der Waals surface area contributed by atoms with Gasteiger partial charge in [-0.25, -0.2) is 4.98 Å². The molecule has 1 aliphatic heterocycles. The van der Waals surface area contributed by atoms with E-state index in [0.29, 0.717) is 19.6 Å². The molecule has 0 bridgehead atoms. The summed E-state index contributed by atoms with van der Waals surface area (Å²) in [6.45, 7) is 3.79. The molecular formula is C11H15N5O. The highest BCUT2D eigenvalue weighted by Crippen LogP contribution is 2.16. The van der Waals surface area contributed by atoms with Crippen LogP contribution >= 0.6 is 0 Å². The van der Waals surface area contributed by atoms with Crippen LogP contribution < -0.4 is 10.6 Å². The van der Waals surface area contributed by atoms with Crippen LogP contribution in [0.15, 0.2) is 18.5 Å². The first kappa shape index (κ1) is 10.5. The molecule has 2 aromatic rings. The third-order valence-electron chi connectivity index (χ3n) is 3.03. The Kier molecular flexibility index (Phi) is 2.27. The molecule has 1 saturated heterocycles. The Hall–Kier alpha value is -1.66. The lowest BCUT2D eigenvalue weighted by molar-refractivity contribution is 0.00303. The molecule has 0 atom stereocenters. The van der Waals surface area contributed by atoms with Gasteiger partial charge in [0.1, 0.15) is 17.7 Å². The zero-order valence-corrected chi connectivity index (χ0v) is 9.64. The monoisotopic (exact) mass is 233 g/mol. The fourth-order valence-corrected chi connectivity index (χ4v) is 1.98. The average Bonchev–Trinajstić information content (AvgIpc) is 2.71. The minimum Gasteiger partial charge on any atom is -0.385 e. The van der Waals surface area contributed by atoms with Gasteiger partial charge in [-0.1, -0.05) is 0 Å². The van der Waals surface area contributed by atoms with Crippen molar-refractivity contribution in [3.8, 4) is 0 Å². The van der Waals surface area contributed by atoms with E-state index in [1.165, 1.54) is 6.33 Å². The van der Waals surface area contributed by atoms with Crippen LogP contribution in [0.4, 0.5) is 5.82 Å². The molecule has 3 rings (SSSR count). The van der Waals surface area contributed by atoms with Crippen molar-refractivity contribution in [3.63, 3.8) is 0 Å². The summed E-state index contributed by atoms with van der Waals surface area (Å²) < 4.78 is 1.74. The van der Waals surface area contributed by atoms with Gasteiger partial charge in [0.25, 0.3) is 0 Å². The molecule has 90 valence electrons. The van der Waals surface area contributed by atoms with Gasteiger partial charge < -0.3 is 15.7 Å². The van der Waals surface area contributed by atoms with Crippen LogP contribution in [-0.2, 0) is 0 Å². The maximum atomic E-state index is 9.99. The number of aliphatic hydroxyl groups is 1. The van der Waals surface area contributed by atoms with Gasteiger partial charge in [-0.3, -0.25) is 0 Å². The molecule has 6 heteroatoms.